The normalized spacial score (nSPS) is 10.6. The van der Waals surface area contributed by atoms with E-state index in [4.69, 9.17) is 4.74 Å². The molecule has 6 nitrogen and oxygen atoms in total. The minimum atomic E-state index is -0.155. The summed E-state index contributed by atoms with van der Waals surface area (Å²) in [5.41, 5.74) is 2.31. The molecule has 3 rings (SSSR count). The van der Waals surface area contributed by atoms with Crippen LogP contribution in [0.25, 0.3) is 0 Å². The van der Waals surface area contributed by atoms with E-state index >= 15 is 0 Å². The van der Waals surface area contributed by atoms with E-state index in [1.165, 1.54) is 11.3 Å². The molecule has 0 bridgehead atoms. The molecule has 3 aromatic rings. The number of carbonyl (C=O) groups excluding carboxylic acids is 2. The highest BCUT2D eigenvalue weighted by Crippen LogP contribution is 2.22. The van der Waals surface area contributed by atoms with E-state index in [0.717, 1.165) is 28.3 Å². The van der Waals surface area contributed by atoms with Crippen molar-refractivity contribution in [2.75, 3.05) is 17.2 Å². The Bertz CT molecular complexity index is 967. The largest absolute Gasteiger partial charge is 0.494 e. The van der Waals surface area contributed by atoms with Crippen LogP contribution in [0.5, 0.6) is 5.75 Å². The number of carbonyl (C=O) groups is 2. The number of aryl methyl sites for hydroxylation is 1. The van der Waals surface area contributed by atoms with Gasteiger partial charge in [-0.1, -0.05) is 13.0 Å². The maximum absolute atomic E-state index is 12.4. The molecule has 0 radical (unpaired) electrons. The van der Waals surface area contributed by atoms with Gasteiger partial charge >= 0.3 is 0 Å². The molecule has 29 heavy (non-hydrogen) atoms. The number of amides is 2. The lowest BCUT2D eigenvalue weighted by Gasteiger charge is -2.10. The topological polar surface area (TPSA) is 80.3 Å². The second kappa shape index (κ2) is 10.2. The van der Waals surface area contributed by atoms with Crippen LogP contribution in [0.15, 0.2) is 41.1 Å². The van der Waals surface area contributed by atoms with E-state index in [9.17, 15) is 9.59 Å². The molecule has 152 valence electrons. The highest BCUT2D eigenvalue weighted by atomic mass is 32.1. The Hall–Kier alpha value is -2.71. The molecule has 2 aromatic heterocycles. The van der Waals surface area contributed by atoms with Crippen molar-refractivity contribution in [3.63, 3.8) is 0 Å². The average molecular weight is 430 g/mol. The quantitative estimate of drug-likeness (QED) is 0.518. The zero-order chi connectivity index (χ0) is 20.6. The maximum Gasteiger partial charge on any atom is 0.231 e. The van der Waals surface area contributed by atoms with Gasteiger partial charge in [-0.05, 0) is 48.6 Å². The average Bonchev–Trinajstić information content (AvgIpc) is 3.34. The number of thiazole rings is 1. The van der Waals surface area contributed by atoms with Gasteiger partial charge in [0, 0.05) is 15.9 Å². The van der Waals surface area contributed by atoms with Gasteiger partial charge < -0.3 is 15.4 Å². The Labute approximate surface area is 178 Å². The molecular formula is C21H23N3O3S2. The summed E-state index contributed by atoms with van der Waals surface area (Å²) in [4.78, 5) is 29.8. The van der Waals surface area contributed by atoms with Crippen LogP contribution in [0, 0.1) is 6.92 Å². The highest BCUT2D eigenvalue weighted by Gasteiger charge is 2.12. The Kier molecular flexibility index (Phi) is 7.37. The number of ether oxygens (including phenoxy) is 1. The standard InChI is InChI=1S/C21H23N3O3S2/c1-3-8-27-16-6-7-18(14(2)10-16)23-19(25)11-15-13-29-21(22-15)24-20(26)12-17-5-4-9-28-17/h4-7,9-10,13H,3,8,11-12H2,1-2H3,(H,23,25)(H,22,24,26). The predicted molar refractivity (Wildman–Crippen MR) is 118 cm³/mol. The second-order valence-electron chi connectivity index (χ2n) is 6.50. The Morgan fingerprint density at radius 2 is 1.93 bits per heavy atom. The van der Waals surface area contributed by atoms with Gasteiger partial charge in [0.25, 0.3) is 0 Å². The monoisotopic (exact) mass is 429 g/mol. The number of aromatic nitrogens is 1. The number of anilines is 2. The molecule has 0 saturated carbocycles. The van der Waals surface area contributed by atoms with Gasteiger partial charge in [-0.3, -0.25) is 9.59 Å². The molecule has 0 spiro atoms. The van der Waals surface area contributed by atoms with Crippen LogP contribution in [-0.2, 0) is 22.4 Å². The Morgan fingerprint density at radius 3 is 2.66 bits per heavy atom. The fourth-order valence-electron chi connectivity index (χ4n) is 2.63. The summed E-state index contributed by atoms with van der Waals surface area (Å²) in [6, 6.07) is 9.44. The molecule has 2 N–H and O–H groups in total. The van der Waals surface area contributed by atoms with Crippen LogP contribution in [0.3, 0.4) is 0 Å². The molecule has 1 aromatic carbocycles. The smallest absolute Gasteiger partial charge is 0.231 e. The number of hydrogen-bond acceptors (Lipinski definition) is 6. The zero-order valence-electron chi connectivity index (χ0n) is 16.4. The first-order valence-corrected chi connectivity index (χ1v) is 11.1. The van der Waals surface area contributed by atoms with E-state index in [1.54, 1.807) is 16.7 Å². The van der Waals surface area contributed by atoms with E-state index in [-0.39, 0.29) is 18.2 Å². The maximum atomic E-state index is 12.4. The first kappa shape index (κ1) is 21.0. The summed E-state index contributed by atoms with van der Waals surface area (Å²) in [5, 5.41) is 9.92. The summed E-state index contributed by atoms with van der Waals surface area (Å²) in [7, 11) is 0. The number of thiophene rings is 1. The fraction of sp³-hybridized carbons (Fsp3) is 0.286. The van der Waals surface area contributed by atoms with Crippen molar-refractivity contribution < 1.29 is 14.3 Å². The van der Waals surface area contributed by atoms with Gasteiger partial charge in [0.1, 0.15) is 5.75 Å². The van der Waals surface area contributed by atoms with Gasteiger partial charge in [-0.2, -0.15) is 0 Å². The third-order valence-electron chi connectivity index (χ3n) is 4.00. The van der Waals surface area contributed by atoms with E-state index in [0.29, 0.717) is 23.9 Å². The van der Waals surface area contributed by atoms with Crippen LogP contribution in [0.4, 0.5) is 10.8 Å². The first-order valence-electron chi connectivity index (χ1n) is 9.33. The van der Waals surface area contributed by atoms with Gasteiger partial charge in [-0.25, -0.2) is 4.98 Å². The summed E-state index contributed by atoms with van der Waals surface area (Å²) in [6.45, 7) is 4.65. The molecule has 0 aliphatic heterocycles. The number of rotatable bonds is 9. The molecule has 2 heterocycles. The molecule has 0 saturated heterocycles. The van der Waals surface area contributed by atoms with Gasteiger partial charge in [0.15, 0.2) is 5.13 Å². The number of nitrogens with one attached hydrogen (secondary N) is 2. The van der Waals surface area contributed by atoms with E-state index < -0.39 is 0 Å². The summed E-state index contributed by atoms with van der Waals surface area (Å²) in [5.74, 6) is 0.528. The Balaban J connectivity index is 1.51. The van der Waals surface area contributed by atoms with Crippen molar-refractivity contribution in [2.24, 2.45) is 0 Å². The molecule has 0 unspecified atom stereocenters. The van der Waals surface area contributed by atoms with E-state index in [1.807, 2.05) is 42.6 Å². The second-order valence-corrected chi connectivity index (χ2v) is 8.39. The SMILES string of the molecule is CCCOc1ccc(NC(=O)Cc2csc(NC(=O)Cc3cccs3)n2)c(C)c1. The summed E-state index contributed by atoms with van der Waals surface area (Å²) >= 11 is 2.86. The highest BCUT2D eigenvalue weighted by molar-refractivity contribution is 7.14. The van der Waals surface area contributed by atoms with Crippen LogP contribution in [-0.4, -0.2) is 23.4 Å². The zero-order valence-corrected chi connectivity index (χ0v) is 18.0. The predicted octanol–water partition coefficient (Wildman–Crippen LogP) is 4.66. The lowest BCUT2D eigenvalue weighted by atomic mass is 10.2. The third kappa shape index (κ3) is 6.40. The summed E-state index contributed by atoms with van der Waals surface area (Å²) in [6.07, 6.45) is 1.41. The van der Waals surface area contributed by atoms with Crippen molar-refractivity contribution in [3.8, 4) is 5.75 Å². The number of benzene rings is 1. The van der Waals surface area contributed by atoms with Gasteiger partial charge in [0.2, 0.25) is 11.8 Å². The van der Waals surface area contributed by atoms with Crippen LogP contribution in [0.2, 0.25) is 0 Å². The van der Waals surface area contributed by atoms with Crippen molar-refractivity contribution in [1.29, 1.82) is 0 Å². The molecule has 0 aliphatic carbocycles. The van der Waals surface area contributed by atoms with Crippen LogP contribution < -0.4 is 15.4 Å². The van der Waals surface area contributed by atoms with Crippen molar-refractivity contribution in [3.05, 3.63) is 57.2 Å². The molecule has 0 aliphatic rings. The lowest BCUT2D eigenvalue weighted by molar-refractivity contribution is -0.116. The van der Waals surface area contributed by atoms with Crippen molar-refractivity contribution in [2.45, 2.75) is 33.1 Å². The van der Waals surface area contributed by atoms with Crippen LogP contribution >= 0.6 is 22.7 Å². The minimum absolute atomic E-state index is 0.112. The summed E-state index contributed by atoms with van der Waals surface area (Å²) < 4.78 is 5.60. The van der Waals surface area contributed by atoms with E-state index in [2.05, 4.69) is 22.5 Å². The fourth-order valence-corrected chi connectivity index (χ4v) is 4.06. The number of hydrogen-bond donors (Lipinski definition) is 2. The van der Waals surface area contributed by atoms with Crippen molar-refractivity contribution in [1.82, 2.24) is 4.98 Å². The van der Waals surface area contributed by atoms with Gasteiger partial charge in [-0.15, -0.1) is 22.7 Å². The van der Waals surface area contributed by atoms with Crippen molar-refractivity contribution >= 4 is 45.3 Å². The van der Waals surface area contributed by atoms with Gasteiger partial charge in [0.05, 0.1) is 25.1 Å². The Morgan fingerprint density at radius 1 is 1.10 bits per heavy atom. The lowest BCUT2D eigenvalue weighted by Crippen LogP contribution is -2.16. The molecular weight excluding hydrogens is 406 g/mol. The molecule has 2 amide bonds. The minimum Gasteiger partial charge on any atom is -0.494 e. The number of nitrogens with zero attached hydrogens (tertiary/aromatic N) is 1. The van der Waals surface area contributed by atoms with Crippen LogP contribution in [0.1, 0.15) is 29.5 Å². The third-order valence-corrected chi connectivity index (χ3v) is 5.68. The molecule has 0 fully saturated rings. The molecule has 8 heteroatoms. The molecule has 0 atom stereocenters. The first-order chi connectivity index (χ1) is 14.0.